The van der Waals surface area contributed by atoms with Crippen molar-refractivity contribution in [3.63, 3.8) is 0 Å². The van der Waals surface area contributed by atoms with Crippen LogP contribution in [0.2, 0.25) is 0 Å². The van der Waals surface area contributed by atoms with Crippen LogP contribution < -0.4 is 0 Å². The molecule has 21 heavy (non-hydrogen) atoms. The first-order chi connectivity index (χ1) is 10.3. The Balaban J connectivity index is 1.97. The summed E-state index contributed by atoms with van der Waals surface area (Å²) in [5.74, 6) is 0. The van der Waals surface area contributed by atoms with E-state index < -0.39 is 0 Å². The monoisotopic (exact) mass is 300 g/mol. The molecule has 0 radical (unpaired) electrons. The molecule has 2 aromatic rings. The molecule has 2 nitrogen and oxygen atoms in total. The summed E-state index contributed by atoms with van der Waals surface area (Å²) in [6.45, 7) is 2.22. The van der Waals surface area contributed by atoms with Crippen LogP contribution in [-0.4, -0.2) is 14.2 Å². The fourth-order valence-electron chi connectivity index (χ4n) is 2.87. The number of fused-ring (bicyclic) bond motifs is 2. The maximum atomic E-state index is 5.35. The molecule has 0 saturated carbocycles. The third-order valence-corrected chi connectivity index (χ3v) is 5.19. The Hall–Kier alpha value is -1.29. The molecule has 1 aliphatic rings. The summed E-state index contributed by atoms with van der Waals surface area (Å²) in [6, 6.07) is 13.1. The molecule has 0 fully saturated rings. The third-order valence-electron chi connectivity index (χ3n) is 3.99. The summed E-state index contributed by atoms with van der Waals surface area (Å²) in [5, 5.41) is 0. The standard InChI is InChI=1S/C18H20O2S/c1-4-12-6-5-7-16-15(12)10-13-8-9-14(11-17(13)21-16)18(19-2)20-3/h5-9,11,18H,4,10H2,1-3H3. The smallest absolute Gasteiger partial charge is 0.183 e. The summed E-state index contributed by atoms with van der Waals surface area (Å²) < 4.78 is 10.7. The number of hydrogen-bond donors (Lipinski definition) is 0. The molecule has 0 amide bonds. The van der Waals surface area contributed by atoms with Gasteiger partial charge in [-0.15, -0.1) is 0 Å². The Labute approximate surface area is 130 Å². The highest BCUT2D eigenvalue weighted by molar-refractivity contribution is 7.99. The van der Waals surface area contributed by atoms with Gasteiger partial charge in [-0.1, -0.05) is 43.0 Å². The zero-order chi connectivity index (χ0) is 14.8. The normalized spacial score (nSPS) is 13.1. The van der Waals surface area contributed by atoms with Crippen LogP contribution in [0.3, 0.4) is 0 Å². The van der Waals surface area contributed by atoms with Gasteiger partial charge in [-0.3, -0.25) is 0 Å². The lowest BCUT2D eigenvalue weighted by atomic mass is 9.97. The minimum Gasteiger partial charge on any atom is -0.352 e. The second kappa shape index (κ2) is 6.22. The molecule has 0 aliphatic carbocycles. The molecule has 0 unspecified atom stereocenters. The van der Waals surface area contributed by atoms with Crippen LogP contribution in [0, 0.1) is 0 Å². The van der Waals surface area contributed by atoms with Gasteiger partial charge in [0.2, 0.25) is 0 Å². The van der Waals surface area contributed by atoms with Crippen LogP contribution in [0.1, 0.15) is 35.5 Å². The van der Waals surface area contributed by atoms with Gasteiger partial charge in [0.25, 0.3) is 0 Å². The maximum Gasteiger partial charge on any atom is 0.183 e. The summed E-state index contributed by atoms with van der Waals surface area (Å²) in [5.41, 5.74) is 5.41. The number of hydrogen-bond acceptors (Lipinski definition) is 3. The predicted molar refractivity (Wildman–Crippen MR) is 86.0 cm³/mol. The van der Waals surface area contributed by atoms with Crippen LogP contribution in [-0.2, 0) is 22.3 Å². The molecule has 0 aromatic heterocycles. The first-order valence-corrected chi connectivity index (χ1v) is 8.05. The molecule has 3 heteroatoms. The molecule has 1 heterocycles. The summed E-state index contributed by atoms with van der Waals surface area (Å²) in [6.07, 6.45) is 1.82. The van der Waals surface area contributed by atoms with Gasteiger partial charge in [-0.25, -0.2) is 0 Å². The third kappa shape index (κ3) is 2.73. The minimum absolute atomic E-state index is 0.292. The lowest BCUT2D eigenvalue weighted by Crippen LogP contribution is -2.07. The van der Waals surface area contributed by atoms with Crippen molar-refractivity contribution in [2.24, 2.45) is 0 Å². The van der Waals surface area contributed by atoms with Crippen LogP contribution in [0.5, 0.6) is 0 Å². The number of benzene rings is 2. The van der Waals surface area contributed by atoms with Gasteiger partial charge < -0.3 is 9.47 Å². The van der Waals surface area contributed by atoms with Crippen LogP contribution >= 0.6 is 11.8 Å². The first-order valence-electron chi connectivity index (χ1n) is 7.23. The molecule has 3 rings (SSSR count). The number of aryl methyl sites for hydroxylation is 1. The molecule has 0 spiro atoms. The molecule has 0 N–H and O–H groups in total. The van der Waals surface area contributed by atoms with E-state index in [-0.39, 0.29) is 6.29 Å². The van der Waals surface area contributed by atoms with Gasteiger partial charge in [-0.05, 0) is 41.7 Å². The highest BCUT2D eigenvalue weighted by atomic mass is 32.2. The van der Waals surface area contributed by atoms with Crippen LogP contribution in [0.15, 0.2) is 46.2 Å². The van der Waals surface area contributed by atoms with Crippen molar-refractivity contribution in [3.8, 4) is 0 Å². The van der Waals surface area contributed by atoms with E-state index in [0.717, 1.165) is 18.4 Å². The number of rotatable bonds is 4. The molecule has 110 valence electrons. The molecule has 2 aromatic carbocycles. The van der Waals surface area contributed by atoms with E-state index in [1.165, 1.54) is 26.5 Å². The van der Waals surface area contributed by atoms with Gasteiger partial charge in [0, 0.05) is 29.6 Å². The minimum atomic E-state index is -0.292. The van der Waals surface area contributed by atoms with Crippen molar-refractivity contribution in [1.29, 1.82) is 0 Å². The summed E-state index contributed by atoms with van der Waals surface area (Å²) in [7, 11) is 3.34. The van der Waals surface area contributed by atoms with Gasteiger partial charge in [0.15, 0.2) is 6.29 Å². The zero-order valence-electron chi connectivity index (χ0n) is 12.7. The zero-order valence-corrected chi connectivity index (χ0v) is 13.5. The fraction of sp³-hybridized carbons (Fsp3) is 0.333. The quantitative estimate of drug-likeness (QED) is 0.656. The Morgan fingerprint density at radius 2 is 1.90 bits per heavy atom. The fourth-order valence-corrected chi connectivity index (χ4v) is 4.05. The van der Waals surface area contributed by atoms with Gasteiger partial charge >= 0.3 is 0 Å². The number of ether oxygens (including phenoxy) is 2. The predicted octanol–water partition coefficient (Wildman–Crippen LogP) is 4.60. The van der Waals surface area contributed by atoms with Crippen molar-refractivity contribution >= 4 is 11.8 Å². The molecule has 0 bridgehead atoms. The van der Waals surface area contributed by atoms with E-state index >= 15 is 0 Å². The second-order valence-corrected chi connectivity index (χ2v) is 6.28. The average molecular weight is 300 g/mol. The lowest BCUT2D eigenvalue weighted by molar-refractivity contribution is -0.106. The van der Waals surface area contributed by atoms with Crippen molar-refractivity contribution in [1.82, 2.24) is 0 Å². The van der Waals surface area contributed by atoms with Crippen molar-refractivity contribution < 1.29 is 9.47 Å². The van der Waals surface area contributed by atoms with E-state index in [4.69, 9.17) is 9.47 Å². The molecule has 1 aliphatic heterocycles. The van der Waals surface area contributed by atoms with Crippen LogP contribution in [0.4, 0.5) is 0 Å². The SMILES string of the molecule is CCc1cccc2c1Cc1ccc(C(OC)OC)cc1S2. The molecular formula is C18H20O2S. The Morgan fingerprint density at radius 1 is 1.10 bits per heavy atom. The topological polar surface area (TPSA) is 18.5 Å². The van der Waals surface area contributed by atoms with Crippen molar-refractivity contribution in [3.05, 3.63) is 58.7 Å². The van der Waals surface area contributed by atoms with Crippen LogP contribution in [0.25, 0.3) is 0 Å². The highest BCUT2D eigenvalue weighted by Gasteiger charge is 2.20. The lowest BCUT2D eigenvalue weighted by Gasteiger charge is -2.23. The van der Waals surface area contributed by atoms with Crippen molar-refractivity contribution in [2.75, 3.05) is 14.2 Å². The van der Waals surface area contributed by atoms with E-state index in [9.17, 15) is 0 Å². The number of methoxy groups -OCH3 is 2. The second-order valence-electron chi connectivity index (χ2n) is 5.20. The molecular weight excluding hydrogens is 280 g/mol. The van der Waals surface area contributed by atoms with E-state index in [0.29, 0.717) is 0 Å². The largest absolute Gasteiger partial charge is 0.352 e. The van der Waals surface area contributed by atoms with Gasteiger partial charge in [-0.2, -0.15) is 0 Å². The maximum absolute atomic E-state index is 5.35. The first kappa shape index (κ1) is 14.6. The van der Waals surface area contributed by atoms with E-state index in [1.807, 2.05) is 11.8 Å². The molecule has 0 saturated heterocycles. The highest BCUT2D eigenvalue weighted by Crippen LogP contribution is 2.42. The van der Waals surface area contributed by atoms with E-state index in [1.54, 1.807) is 14.2 Å². The molecule has 0 atom stereocenters. The van der Waals surface area contributed by atoms with Gasteiger partial charge in [0.1, 0.15) is 0 Å². The average Bonchev–Trinajstić information content (AvgIpc) is 2.53. The Morgan fingerprint density at radius 3 is 2.62 bits per heavy atom. The van der Waals surface area contributed by atoms with E-state index in [2.05, 4.69) is 43.3 Å². The Kier molecular flexibility index (Phi) is 4.34. The van der Waals surface area contributed by atoms with Gasteiger partial charge in [0.05, 0.1) is 0 Å². The van der Waals surface area contributed by atoms with Crippen molar-refractivity contribution in [2.45, 2.75) is 35.8 Å². The Bertz CT molecular complexity index is 648. The summed E-state index contributed by atoms with van der Waals surface area (Å²) >= 11 is 1.85. The summed E-state index contributed by atoms with van der Waals surface area (Å²) in [4.78, 5) is 2.69.